The van der Waals surface area contributed by atoms with Gasteiger partial charge in [-0.05, 0) is 43.7 Å². The highest BCUT2D eigenvalue weighted by Gasteiger charge is 2.28. The zero-order valence-electron chi connectivity index (χ0n) is 15.2. The Hall–Kier alpha value is -2.76. The second kappa shape index (κ2) is 8.56. The molecule has 1 amide bonds. The van der Waals surface area contributed by atoms with E-state index < -0.39 is 0 Å². The van der Waals surface area contributed by atoms with Crippen LogP contribution in [0.5, 0.6) is 17.4 Å². The van der Waals surface area contributed by atoms with Crippen molar-refractivity contribution in [3.8, 4) is 17.4 Å². The zero-order valence-corrected chi connectivity index (χ0v) is 15.2. The van der Waals surface area contributed by atoms with Crippen LogP contribution in [-0.2, 0) is 4.79 Å². The van der Waals surface area contributed by atoms with Gasteiger partial charge in [0, 0.05) is 25.2 Å². The van der Waals surface area contributed by atoms with Gasteiger partial charge in [0.25, 0.3) is 5.91 Å². The molecule has 1 aliphatic rings. The van der Waals surface area contributed by atoms with Gasteiger partial charge in [0.15, 0.2) is 6.61 Å². The monoisotopic (exact) mass is 356 g/mol. The summed E-state index contributed by atoms with van der Waals surface area (Å²) in [6.45, 7) is 5.78. The van der Waals surface area contributed by atoms with E-state index in [1.807, 2.05) is 38.1 Å². The van der Waals surface area contributed by atoms with E-state index in [4.69, 9.17) is 14.2 Å². The van der Waals surface area contributed by atoms with Crippen molar-refractivity contribution in [3.63, 3.8) is 0 Å². The smallest absolute Gasteiger partial charge is 0.260 e. The number of benzene rings is 1. The van der Waals surface area contributed by atoms with Gasteiger partial charge >= 0.3 is 0 Å². The Morgan fingerprint density at radius 2 is 1.88 bits per heavy atom. The van der Waals surface area contributed by atoms with Gasteiger partial charge in [-0.1, -0.05) is 6.07 Å². The summed E-state index contributed by atoms with van der Waals surface area (Å²) in [6.07, 6.45) is 2.54. The molecular weight excluding hydrogens is 332 g/mol. The van der Waals surface area contributed by atoms with Gasteiger partial charge in [0.1, 0.15) is 17.6 Å². The number of likely N-dealkylation sites (tertiary alicyclic amines) is 1. The van der Waals surface area contributed by atoms with Crippen molar-refractivity contribution in [2.45, 2.75) is 26.4 Å². The van der Waals surface area contributed by atoms with E-state index in [2.05, 4.69) is 4.98 Å². The Morgan fingerprint density at radius 1 is 1.15 bits per heavy atom. The molecule has 1 unspecified atom stereocenters. The van der Waals surface area contributed by atoms with Crippen LogP contribution in [-0.4, -0.2) is 48.2 Å². The summed E-state index contributed by atoms with van der Waals surface area (Å²) in [5.41, 5.74) is 1.09. The van der Waals surface area contributed by atoms with Crippen molar-refractivity contribution in [2.75, 3.05) is 26.3 Å². The molecule has 138 valence electrons. The van der Waals surface area contributed by atoms with Crippen molar-refractivity contribution in [3.05, 3.63) is 48.2 Å². The molecule has 1 aromatic heterocycles. The van der Waals surface area contributed by atoms with Crippen LogP contribution in [0.2, 0.25) is 0 Å². The van der Waals surface area contributed by atoms with E-state index in [0.29, 0.717) is 31.3 Å². The minimum absolute atomic E-state index is 0.0173. The fourth-order valence-corrected chi connectivity index (χ4v) is 2.78. The van der Waals surface area contributed by atoms with Crippen LogP contribution in [0.25, 0.3) is 0 Å². The van der Waals surface area contributed by atoms with E-state index >= 15 is 0 Å². The van der Waals surface area contributed by atoms with E-state index in [0.717, 1.165) is 17.7 Å². The lowest BCUT2D eigenvalue weighted by atomic mass is 10.3. The van der Waals surface area contributed by atoms with Gasteiger partial charge in [-0.15, -0.1) is 0 Å². The summed E-state index contributed by atoms with van der Waals surface area (Å²) in [5.74, 6) is 2.00. The molecule has 2 aromatic rings. The van der Waals surface area contributed by atoms with Crippen molar-refractivity contribution in [2.24, 2.45) is 0 Å². The quantitative estimate of drug-likeness (QED) is 0.763. The van der Waals surface area contributed by atoms with Crippen LogP contribution in [0.1, 0.15) is 18.9 Å². The number of hydrogen-bond acceptors (Lipinski definition) is 5. The van der Waals surface area contributed by atoms with E-state index in [1.165, 1.54) is 0 Å². The number of aryl methyl sites for hydroxylation is 1. The lowest BCUT2D eigenvalue weighted by Gasteiger charge is -2.17. The third-order valence-corrected chi connectivity index (χ3v) is 4.17. The number of carbonyl (C=O) groups is 1. The van der Waals surface area contributed by atoms with Crippen molar-refractivity contribution in [1.82, 2.24) is 9.88 Å². The van der Waals surface area contributed by atoms with Crippen LogP contribution < -0.4 is 14.2 Å². The topological polar surface area (TPSA) is 60.9 Å². The van der Waals surface area contributed by atoms with Gasteiger partial charge in [-0.3, -0.25) is 4.79 Å². The average Bonchev–Trinajstić information content (AvgIpc) is 3.12. The third kappa shape index (κ3) is 4.88. The molecule has 0 spiro atoms. The molecule has 6 heteroatoms. The molecule has 1 fully saturated rings. The Balaban J connectivity index is 1.44. The molecule has 0 aliphatic carbocycles. The first kappa shape index (κ1) is 18.0. The molecule has 2 heterocycles. The minimum atomic E-state index is -0.0400. The van der Waals surface area contributed by atoms with Crippen LogP contribution in [0.4, 0.5) is 0 Å². The molecule has 1 aliphatic heterocycles. The molecule has 1 saturated heterocycles. The number of hydrogen-bond donors (Lipinski definition) is 0. The average molecular weight is 356 g/mol. The van der Waals surface area contributed by atoms with Gasteiger partial charge < -0.3 is 19.1 Å². The summed E-state index contributed by atoms with van der Waals surface area (Å²) < 4.78 is 16.8. The third-order valence-electron chi connectivity index (χ3n) is 4.17. The van der Waals surface area contributed by atoms with Crippen molar-refractivity contribution in [1.29, 1.82) is 0 Å². The predicted octanol–water partition coefficient (Wildman–Crippen LogP) is 2.85. The largest absolute Gasteiger partial charge is 0.494 e. The van der Waals surface area contributed by atoms with E-state index in [-0.39, 0.29) is 18.6 Å². The summed E-state index contributed by atoms with van der Waals surface area (Å²) in [4.78, 5) is 18.4. The number of amides is 1. The molecular formula is C20H24N2O4. The number of aromatic nitrogens is 1. The highest BCUT2D eigenvalue weighted by molar-refractivity contribution is 5.78. The van der Waals surface area contributed by atoms with E-state index in [1.54, 1.807) is 23.2 Å². The van der Waals surface area contributed by atoms with Gasteiger partial charge in [0.05, 0.1) is 13.2 Å². The lowest BCUT2D eigenvalue weighted by molar-refractivity contribution is -0.132. The van der Waals surface area contributed by atoms with Crippen molar-refractivity contribution < 1.29 is 19.0 Å². The van der Waals surface area contributed by atoms with Gasteiger partial charge in [-0.2, -0.15) is 0 Å². The van der Waals surface area contributed by atoms with E-state index in [9.17, 15) is 4.79 Å². The first-order valence-electron chi connectivity index (χ1n) is 8.87. The lowest BCUT2D eigenvalue weighted by Crippen LogP contribution is -2.34. The first-order valence-corrected chi connectivity index (χ1v) is 8.87. The minimum Gasteiger partial charge on any atom is -0.494 e. The maximum absolute atomic E-state index is 12.3. The van der Waals surface area contributed by atoms with Gasteiger partial charge in [-0.25, -0.2) is 4.98 Å². The molecule has 0 saturated carbocycles. The Morgan fingerprint density at radius 3 is 2.54 bits per heavy atom. The molecule has 0 N–H and O–H groups in total. The molecule has 6 nitrogen and oxygen atoms in total. The number of pyridine rings is 1. The number of rotatable bonds is 7. The van der Waals surface area contributed by atoms with Crippen LogP contribution in [0.3, 0.4) is 0 Å². The summed E-state index contributed by atoms with van der Waals surface area (Å²) >= 11 is 0. The maximum atomic E-state index is 12.3. The molecule has 3 rings (SSSR count). The second-order valence-corrected chi connectivity index (χ2v) is 6.24. The molecule has 1 atom stereocenters. The van der Waals surface area contributed by atoms with Crippen LogP contribution in [0.15, 0.2) is 42.6 Å². The molecule has 0 radical (unpaired) electrons. The van der Waals surface area contributed by atoms with Crippen molar-refractivity contribution >= 4 is 5.91 Å². The number of nitrogens with zero attached hydrogens (tertiary/aromatic N) is 2. The Labute approximate surface area is 153 Å². The highest BCUT2D eigenvalue weighted by Crippen LogP contribution is 2.19. The highest BCUT2D eigenvalue weighted by atomic mass is 16.5. The fourth-order valence-electron chi connectivity index (χ4n) is 2.78. The second-order valence-electron chi connectivity index (χ2n) is 6.24. The summed E-state index contributed by atoms with van der Waals surface area (Å²) in [7, 11) is 0. The summed E-state index contributed by atoms with van der Waals surface area (Å²) in [5, 5.41) is 0. The van der Waals surface area contributed by atoms with Gasteiger partial charge in [0.2, 0.25) is 5.88 Å². The fraction of sp³-hybridized carbons (Fsp3) is 0.400. The molecule has 26 heavy (non-hydrogen) atoms. The number of carbonyl (C=O) groups excluding carboxylic acids is 1. The molecule has 1 aromatic carbocycles. The van der Waals surface area contributed by atoms with Crippen LogP contribution in [0, 0.1) is 6.92 Å². The maximum Gasteiger partial charge on any atom is 0.260 e. The summed E-state index contributed by atoms with van der Waals surface area (Å²) in [6, 6.07) is 11.1. The Bertz CT molecular complexity index is 716. The SMILES string of the molecule is CCOc1ccc(OCC(=O)N2CCC(Oc3ccc(C)cn3)C2)cc1. The number of ether oxygens (including phenoxy) is 3. The zero-order chi connectivity index (χ0) is 18.4. The normalized spacial score (nSPS) is 16.4. The standard InChI is InChI=1S/C20H24N2O4/c1-3-24-16-5-7-17(8-6-16)25-14-20(23)22-11-10-18(13-22)26-19-9-4-15(2)12-21-19/h4-9,12,18H,3,10-11,13-14H2,1-2H3. The molecule has 0 bridgehead atoms. The first-order chi connectivity index (χ1) is 12.6. The predicted molar refractivity (Wildman–Crippen MR) is 97.7 cm³/mol. The Kier molecular flexibility index (Phi) is 5.94. The van der Waals surface area contributed by atoms with Crippen LogP contribution >= 0.6 is 0 Å².